The molecule has 0 saturated carbocycles. The van der Waals surface area contributed by atoms with E-state index in [1.54, 1.807) is 29.9 Å². The molecule has 0 atom stereocenters. The topological polar surface area (TPSA) is 85.7 Å². The molecule has 1 aromatic heterocycles. The number of para-hydroxylation sites is 2. The Hall–Kier alpha value is -4.33. The lowest BCUT2D eigenvalue weighted by Crippen LogP contribution is -2.31. The zero-order valence-corrected chi connectivity index (χ0v) is 21.1. The number of rotatable bonds is 8. The van der Waals surface area contributed by atoms with E-state index in [1.165, 1.54) is 0 Å². The van der Waals surface area contributed by atoms with Crippen LogP contribution in [0.4, 0.5) is 5.95 Å². The van der Waals surface area contributed by atoms with Crippen molar-refractivity contribution in [2.45, 2.75) is 19.8 Å². The summed E-state index contributed by atoms with van der Waals surface area (Å²) in [6, 6.07) is 20.3. The van der Waals surface area contributed by atoms with E-state index in [-0.39, 0.29) is 18.1 Å². The molecule has 1 aliphatic rings. The predicted octanol–water partition coefficient (Wildman–Crippen LogP) is 4.11. The number of anilines is 1. The summed E-state index contributed by atoms with van der Waals surface area (Å²) in [5.41, 5.74) is 2.66. The van der Waals surface area contributed by atoms with Crippen LogP contribution >= 0.6 is 0 Å². The molecule has 1 amide bonds. The molecule has 1 aliphatic heterocycles. The number of carbonyl (C=O) groups is 1. The van der Waals surface area contributed by atoms with Gasteiger partial charge >= 0.3 is 0 Å². The fourth-order valence-corrected chi connectivity index (χ4v) is 4.61. The fraction of sp³-hybridized carbons (Fsp3) is 0.276. The molecule has 8 heteroatoms. The van der Waals surface area contributed by atoms with Crippen molar-refractivity contribution in [2.24, 2.45) is 0 Å². The molecule has 0 unspecified atom stereocenters. The number of carbonyl (C=O) groups excluding carboxylic acids is 1. The van der Waals surface area contributed by atoms with Gasteiger partial charge in [0.25, 0.3) is 11.5 Å². The van der Waals surface area contributed by atoms with Crippen LogP contribution in [0, 0.1) is 6.92 Å². The van der Waals surface area contributed by atoms with E-state index in [0.29, 0.717) is 40.5 Å². The third-order valence-electron chi connectivity index (χ3n) is 6.48. The first kappa shape index (κ1) is 24.4. The minimum atomic E-state index is -0.252. The van der Waals surface area contributed by atoms with Gasteiger partial charge in [-0.15, -0.1) is 0 Å². The van der Waals surface area contributed by atoms with Crippen molar-refractivity contribution in [1.29, 1.82) is 0 Å². The van der Waals surface area contributed by atoms with Gasteiger partial charge in [0.15, 0.2) is 11.5 Å². The Morgan fingerprint density at radius 1 is 1.00 bits per heavy atom. The van der Waals surface area contributed by atoms with E-state index < -0.39 is 0 Å². The van der Waals surface area contributed by atoms with Gasteiger partial charge in [0.05, 0.1) is 30.2 Å². The number of amides is 1. The summed E-state index contributed by atoms with van der Waals surface area (Å²) in [5.74, 6) is 1.62. The number of fused-ring (bicyclic) bond motifs is 1. The molecule has 0 radical (unpaired) electrons. The van der Waals surface area contributed by atoms with Gasteiger partial charge in [-0.25, -0.2) is 9.55 Å². The minimum absolute atomic E-state index is 0.144. The van der Waals surface area contributed by atoms with Crippen LogP contribution in [-0.2, 0) is 0 Å². The van der Waals surface area contributed by atoms with Gasteiger partial charge in [0, 0.05) is 18.7 Å². The largest absolute Gasteiger partial charge is 0.493 e. The molecule has 3 aromatic carbocycles. The first-order chi connectivity index (χ1) is 18.0. The summed E-state index contributed by atoms with van der Waals surface area (Å²) < 4.78 is 12.7. The zero-order chi connectivity index (χ0) is 25.8. The van der Waals surface area contributed by atoms with Gasteiger partial charge in [-0.05, 0) is 67.8 Å². The molecule has 5 rings (SSSR count). The summed E-state index contributed by atoms with van der Waals surface area (Å²) in [6.45, 7) is 4.30. The molecule has 2 heterocycles. The monoisotopic (exact) mass is 498 g/mol. The predicted molar refractivity (Wildman–Crippen MR) is 144 cm³/mol. The number of aromatic nitrogens is 2. The molecule has 0 aliphatic carbocycles. The summed E-state index contributed by atoms with van der Waals surface area (Å²) in [6.07, 6.45) is 2.11. The highest BCUT2D eigenvalue weighted by atomic mass is 16.5. The first-order valence-corrected chi connectivity index (χ1v) is 12.5. The number of aryl methyl sites for hydroxylation is 1. The van der Waals surface area contributed by atoms with E-state index >= 15 is 0 Å². The zero-order valence-electron chi connectivity index (χ0n) is 21.1. The molecule has 4 aromatic rings. The Bertz CT molecular complexity index is 1490. The molecule has 1 N–H and O–H groups in total. The Balaban J connectivity index is 1.39. The summed E-state index contributed by atoms with van der Waals surface area (Å²) in [7, 11) is 1.59. The Labute approximate surface area is 215 Å². The van der Waals surface area contributed by atoms with Crippen molar-refractivity contribution < 1.29 is 14.3 Å². The Kier molecular flexibility index (Phi) is 7.07. The molecule has 1 fully saturated rings. The van der Waals surface area contributed by atoms with E-state index in [4.69, 9.17) is 14.5 Å². The van der Waals surface area contributed by atoms with Gasteiger partial charge in [-0.1, -0.05) is 24.3 Å². The minimum Gasteiger partial charge on any atom is -0.493 e. The van der Waals surface area contributed by atoms with E-state index in [2.05, 4.69) is 10.2 Å². The average molecular weight is 499 g/mol. The molecule has 37 heavy (non-hydrogen) atoms. The third kappa shape index (κ3) is 5.14. The second-order valence-corrected chi connectivity index (χ2v) is 9.07. The number of ether oxygens (including phenoxy) is 2. The molecule has 1 saturated heterocycles. The van der Waals surface area contributed by atoms with Crippen LogP contribution in [0.2, 0.25) is 0 Å². The summed E-state index contributed by atoms with van der Waals surface area (Å²) >= 11 is 0. The number of nitrogens with zero attached hydrogens (tertiary/aromatic N) is 3. The lowest BCUT2D eigenvalue weighted by Gasteiger charge is -2.22. The standard InChI is InChI=1S/C29H30N4O4/c1-20-8-7-9-22(18-20)33-28(35)23-13-12-21(19-24(23)31-29(33)32-15-5-6-16-32)27(34)30-14-17-37-26-11-4-3-10-25(26)36-2/h3-4,7-13,18-19H,5-6,14-17H2,1-2H3,(H,30,34). The van der Waals surface area contributed by atoms with E-state index in [1.807, 2.05) is 55.5 Å². The van der Waals surface area contributed by atoms with Gasteiger partial charge in [0.2, 0.25) is 5.95 Å². The second-order valence-electron chi connectivity index (χ2n) is 9.07. The first-order valence-electron chi connectivity index (χ1n) is 12.5. The molecule has 190 valence electrons. The number of benzene rings is 3. The summed E-state index contributed by atoms with van der Waals surface area (Å²) in [4.78, 5) is 33.6. The van der Waals surface area contributed by atoms with Crippen LogP contribution in [0.3, 0.4) is 0 Å². The molecular weight excluding hydrogens is 468 g/mol. The highest BCUT2D eigenvalue weighted by molar-refractivity contribution is 5.97. The van der Waals surface area contributed by atoms with Crippen LogP contribution in [0.25, 0.3) is 16.6 Å². The van der Waals surface area contributed by atoms with Crippen molar-refractivity contribution in [2.75, 3.05) is 38.3 Å². The van der Waals surface area contributed by atoms with Crippen molar-refractivity contribution in [3.8, 4) is 17.2 Å². The normalized spacial score (nSPS) is 13.1. The number of nitrogens with one attached hydrogen (secondary N) is 1. The van der Waals surface area contributed by atoms with E-state index in [9.17, 15) is 9.59 Å². The lowest BCUT2D eigenvalue weighted by atomic mass is 10.1. The van der Waals surface area contributed by atoms with Crippen molar-refractivity contribution >= 4 is 22.8 Å². The fourth-order valence-electron chi connectivity index (χ4n) is 4.61. The highest BCUT2D eigenvalue weighted by Crippen LogP contribution is 2.26. The number of methoxy groups -OCH3 is 1. The quantitative estimate of drug-likeness (QED) is 0.368. The Morgan fingerprint density at radius 3 is 2.54 bits per heavy atom. The van der Waals surface area contributed by atoms with Gasteiger partial charge in [-0.2, -0.15) is 0 Å². The molecule has 8 nitrogen and oxygen atoms in total. The van der Waals surface area contributed by atoms with Gasteiger partial charge in [-0.3, -0.25) is 9.59 Å². The number of hydrogen-bond donors (Lipinski definition) is 1. The maximum Gasteiger partial charge on any atom is 0.267 e. The maximum atomic E-state index is 13.7. The van der Waals surface area contributed by atoms with Gasteiger partial charge < -0.3 is 19.7 Å². The average Bonchev–Trinajstić information content (AvgIpc) is 3.46. The molecular formula is C29H30N4O4. The van der Waals surface area contributed by atoms with Crippen molar-refractivity contribution in [3.05, 3.63) is 88.2 Å². The lowest BCUT2D eigenvalue weighted by molar-refractivity contribution is 0.0947. The van der Waals surface area contributed by atoms with Crippen LogP contribution in [0.5, 0.6) is 11.5 Å². The molecule has 0 bridgehead atoms. The van der Waals surface area contributed by atoms with Crippen LogP contribution < -0.4 is 25.2 Å². The van der Waals surface area contributed by atoms with E-state index in [0.717, 1.165) is 37.2 Å². The van der Waals surface area contributed by atoms with Crippen LogP contribution in [0.1, 0.15) is 28.8 Å². The number of hydrogen-bond acceptors (Lipinski definition) is 6. The smallest absolute Gasteiger partial charge is 0.267 e. The highest BCUT2D eigenvalue weighted by Gasteiger charge is 2.22. The maximum absolute atomic E-state index is 13.7. The van der Waals surface area contributed by atoms with Gasteiger partial charge in [0.1, 0.15) is 6.61 Å². The SMILES string of the molecule is COc1ccccc1OCCNC(=O)c1ccc2c(=O)n(-c3cccc(C)c3)c(N3CCCC3)nc2c1. The second kappa shape index (κ2) is 10.7. The molecule has 0 spiro atoms. The van der Waals surface area contributed by atoms with Crippen molar-refractivity contribution in [3.63, 3.8) is 0 Å². The Morgan fingerprint density at radius 2 is 1.78 bits per heavy atom. The van der Waals surface area contributed by atoms with Crippen LogP contribution in [-0.4, -0.2) is 48.8 Å². The third-order valence-corrected chi connectivity index (χ3v) is 6.48. The van der Waals surface area contributed by atoms with Crippen LogP contribution in [0.15, 0.2) is 71.5 Å². The van der Waals surface area contributed by atoms with Crippen molar-refractivity contribution in [1.82, 2.24) is 14.9 Å². The summed E-state index contributed by atoms with van der Waals surface area (Å²) in [5, 5.41) is 3.35.